The fraction of sp³-hybridized carbons (Fsp3) is 0.444. The lowest BCUT2D eigenvalue weighted by atomic mass is 9.92. The van der Waals surface area contributed by atoms with Crippen molar-refractivity contribution in [3.8, 4) is 11.1 Å². The highest BCUT2D eigenvalue weighted by Crippen LogP contribution is 2.44. The molecule has 8 heteroatoms. The van der Waals surface area contributed by atoms with Crippen LogP contribution in [0.3, 0.4) is 0 Å². The van der Waals surface area contributed by atoms with Crippen molar-refractivity contribution in [2.45, 2.75) is 38.6 Å². The van der Waals surface area contributed by atoms with Crippen LogP contribution in [-0.4, -0.2) is 67.8 Å². The number of carboxylic acid groups (broad SMARTS) is 1. The SMILES string of the molecule is CN(C)CC(C)(C)CNC(=O)C(CCC(=O)O)NC(=O)OCC1c2ccccc2-c2ccccc21. The highest BCUT2D eigenvalue weighted by Gasteiger charge is 2.30. The summed E-state index contributed by atoms with van der Waals surface area (Å²) in [5, 5.41) is 14.5. The molecule has 0 spiro atoms. The number of hydrogen-bond acceptors (Lipinski definition) is 5. The molecule has 0 radical (unpaired) electrons. The Bertz CT molecular complexity index is 1020. The topological polar surface area (TPSA) is 108 Å². The fourth-order valence-corrected chi connectivity index (χ4v) is 4.68. The average molecular weight is 482 g/mol. The first-order valence-electron chi connectivity index (χ1n) is 11.8. The van der Waals surface area contributed by atoms with Crippen LogP contribution in [0.25, 0.3) is 11.1 Å². The van der Waals surface area contributed by atoms with Crippen LogP contribution in [0.2, 0.25) is 0 Å². The van der Waals surface area contributed by atoms with E-state index in [1.165, 1.54) is 0 Å². The van der Waals surface area contributed by atoms with Gasteiger partial charge in [0, 0.05) is 25.4 Å². The number of carboxylic acids is 1. The van der Waals surface area contributed by atoms with Gasteiger partial charge in [-0.15, -0.1) is 0 Å². The third kappa shape index (κ3) is 7.05. The van der Waals surface area contributed by atoms with E-state index < -0.39 is 24.0 Å². The summed E-state index contributed by atoms with van der Waals surface area (Å²) in [7, 11) is 3.91. The second kappa shape index (κ2) is 11.4. The predicted molar refractivity (Wildman–Crippen MR) is 134 cm³/mol. The molecule has 35 heavy (non-hydrogen) atoms. The van der Waals surface area contributed by atoms with Crippen molar-refractivity contribution in [2.24, 2.45) is 5.41 Å². The summed E-state index contributed by atoms with van der Waals surface area (Å²) < 4.78 is 5.54. The quantitative estimate of drug-likeness (QED) is 0.454. The minimum atomic E-state index is -1.04. The Balaban J connectivity index is 1.63. The van der Waals surface area contributed by atoms with Gasteiger partial charge in [0.1, 0.15) is 12.6 Å². The molecule has 188 valence electrons. The van der Waals surface area contributed by atoms with Crippen molar-refractivity contribution in [3.05, 3.63) is 59.7 Å². The second-order valence-corrected chi connectivity index (χ2v) is 10.1. The monoisotopic (exact) mass is 481 g/mol. The average Bonchev–Trinajstić information content (AvgIpc) is 3.11. The fourth-order valence-electron chi connectivity index (χ4n) is 4.68. The van der Waals surface area contributed by atoms with Crippen LogP contribution >= 0.6 is 0 Å². The molecule has 3 rings (SSSR count). The lowest BCUT2D eigenvalue weighted by Gasteiger charge is -2.29. The van der Waals surface area contributed by atoms with Gasteiger partial charge >= 0.3 is 12.1 Å². The largest absolute Gasteiger partial charge is 0.481 e. The van der Waals surface area contributed by atoms with Gasteiger partial charge in [-0.2, -0.15) is 0 Å². The number of alkyl carbamates (subject to hydrolysis) is 1. The molecule has 1 aliphatic rings. The van der Waals surface area contributed by atoms with Crippen LogP contribution in [0, 0.1) is 5.41 Å². The zero-order valence-electron chi connectivity index (χ0n) is 20.8. The number of carbonyl (C=O) groups is 3. The number of nitrogens with zero attached hydrogens (tertiary/aromatic N) is 1. The van der Waals surface area contributed by atoms with Crippen molar-refractivity contribution in [3.63, 3.8) is 0 Å². The van der Waals surface area contributed by atoms with Gasteiger partial charge in [-0.3, -0.25) is 9.59 Å². The maximum absolute atomic E-state index is 12.8. The van der Waals surface area contributed by atoms with Crippen LogP contribution in [0.4, 0.5) is 4.79 Å². The molecule has 0 aliphatic heterocycles. The smallest absolute Gasteiger partial charge is 0.407 e. The van der Waals surface area contributed by atoms with Gasteiger partial charge in [0.15, 0.2) is 0 Å². The molecular formula is C27H35N3O5. The molecular weight excluding hydrogens is 446 g/mol. The van der Waals surface area contributed by atoms with Gasteiger partial charge in [-0.1, -0.05) is 62.4 Å². The lowest BCUT2D eigenvalue weighted by molar-refractivity contribution is -0.137. The highest BCUT2D eigenvalue weighted by molar-refractivity contribution is 5.86. The van der Waals surface area contributed by atoms with Crippen LogP contribution in [-0.2, 0) is 14.3 Å². The maximum Gasteiger partial charge on any atom is 0.407 e. The lowest BCUT2D eigenvalue weighted by Crippen LogP contribution is -2.50. The zero-order chi connectivity index (χ0) is 25.6. The van der Waals surface area contributed by atoms with Gasteiger partial charge in [0.2, 0.25) is 5.91 Å². The Labute approximate surface area is 206 Å². The molecule has 0 bridgehead atoms. The molecule has 2 amide bonds. The van der Waals surface area contributed by atoms with Gasteiger partial charge in [0.25, 0.3) is 0 Å². The molecule has 3 N–H and O–H groups in total. The Morgan fingerprint density at radius 3 is 2.14 bits per heavy atom. The van der Waals surface area contributed by atoms with Crippen molar-refractivity contribution in [2.75, 3.05) is 33.8 Å². The number of hydrogen-bond donors (Lipinski definition) is 3. The molecule has 1 atom stereocenters. The van der Waals surface area contributed by atoms with Gasteiger partial charge in [-0.05, 0) is 48.2 Å². The van der Waals surface area contributed by atoms with E-state index in [0.29, 0.717) is 6.54 Å². The molecule has 2 aromatic carbocycles. The van der Waals surface area contributed by atoms with E-state index in [1.54, 1.807) is 0 Å². The van der Waals surface area contributed by atoms with Crippen molar-refractivity contribution in [1.29, 1.82) is 0 Å². The number of amides is 2. The first-order valence-corrected chi connectivity index (χ1v) is 11.8. The first-order chi connectivity index (χ1) is 16.6. The Hall–Kier alpha value is -3.39. The van der Waals surface area contributed by atoms with Crippen molar-refractivity contribution in [1.82, 2.24) is 15.5 Å². The molecule has 0 saturated heterocycles. The second-order valence-electron chi connectivity index (χ2n) is 10.1. The minimum Gasteiger partial charge on any atom is -0.481 e. The molecule has 0 heterocycles. The summed E-state index contributed by atoms with van der Waals surface area (Å²) >= 11 is 0. The maximum atomic E-state index is 12.8. The molecule has 1 unspecified atom stereocenters. The van der Waals surface area contributed by atoms with E-state index in [0.717, 1.165) is 28.8 Å². The Morgan fingerprint density at radius 2 is 1.60 bits per heavy atom. The summed E-state index contributed by atoms with van der Waals surface area (Å²) in [6.45, 7) is 5.31. The number of carbonyl (C=O) groups excluding carboxylic acids is 2. The summed E-state index contributed by atoms with van der Waals surface area (Å²) in [6, 6.07) is 15.0. The van der Waals surface area contributed by atoms with Crippen LogP contribution < -0.4 is 10.6 Å². The number of ether oxygens (including phenoxy) is 1. The number of nitrogens with one attached hydrogen (secondary N) is 2. The standard InChI is InChI=1S/C27H35N3O5/c1-27(2,17-30(3)4)16-28-25(33)23(13-14-24(31)32)29-26(34)35-15-22-20-11-7-5-9-18(20)19-10-6-8-12-21(19)22/h5-12,22-23H,13-17H2,1-4H3,(H,28,33)(H,29,34)(H,31,32). The number of aliphatic carboxylic acids is 1. The molecule has 0 aromatic heterocycles. The zero-order valence-corrected chi connectivity index (χ0v) is 20.8. The summed E-state index contributed by atoms with van der Waals surface area (Å²) in [4.78, 5) is 38.6. The predicted octanol–water partition coefficient (Wildman–Crippen LogP) is 3.46. The van der Waals surface area contributed by atoms with E-state index in [1.807, 2.05) is 69.2 Å². The number of benzene rings is 2. The molecule has 2 aromatic rings. The first kappa shape index (κ1) is 26.2. The van der Waals surface area contributed by atoms with Crippen LogP contribution in [0.5, 0.6) is 0 Å². The summed E-state index contributed by atoms with van der Waals surface area (Å²) in [5.41, 5.74) is 4.22. The van der Waals surface area contributed by atoms with Gasteiger partial charge < -0.3 is 25.4 Å². The molecule has 0 fully saturated rings. The van der Waals surface area contributed by atoms with Crippen LogP contribution in [0.1, 0.15) is 43.7 Å². The van der Waals surface area contributed by atoms with Crippen molar-refractivity contribution < 1.29 is 24.2 Å². The number of rotatable bonds is 11. The molecule has 1 aliphatic carbocycles. The summed E-state index contributed by atoms with van der Waals surface area (Å²) in [5.74, 6) is -1.57. The minimum absolute atomic E-state index is 0.0283. The van der Waals surface area contributed by atoms with Crippen molar-refractivity contribution >= 4 is 18.0 Å². The van der Waals surface area contributed by atoms with E-state index in [4.69, 9.17) is 9.84 Å². The molecule has 8 nitrogen and oxygen atoms in total. The van der Waals surface area contributed by atoms with E-state index in [-0.39, 0.29) is 30.8 Å². The normalized spacial score (nSPS) is 13.6. The van der Waals surface area contributed by atoms with E-state index in [2.05, 4.69) is 22.8 Å². The third-order valence-electron chi connectivity index (χ3n) is 6.08. The van der Waals surface area contributed by atoms with E-state index in [9.17, 15) is 14.4 Å². The third-order valence-corrected chi connectivity index (χ3v) is 6.08. The molecule has 0 saturated carbocycles. The van der Waals surface area contributed by atoms with E-state index >= 15 is 0 Å². The number of fused-ring (bicyclic) bond motifs is 3. The van der Waals surface area contributed by atoms with Gasteiger partial charge in [-0.25, -0.2) is 4.79 Å². The Kier molecular flexibility index (Phi) is 8.51. The van der Waals surface area contributed by atoms with Crippen LogP contribution in [0.15, 0.2) is 48.5 Å². The highest BCUT2D eigenvalue weighted by atomic mass is 16.5. The summed E-state index contributed by atoms with van der Waals surface area (Å²) in [6.07, 6.45) is -1.02. The van der Waals surface area contributed by atoms with Gasteiger partial charge in [0.05, 0.1) is 0 Å². The Morgan fingerprint density at radius 1 is 1.03 bits per heavy atom.